The summed E-state index contributed by atoms with van der Waals surface area (Å²) in [4.78, 5) is 4.31. The van der Waals surface area contributed by atoms with Crippen molar-refractivity contribution in [2.24, 2.45) is 5.41 Å². The Hall–Kier alpha value is -1.60. The van der Waals surface area contributed by atoms with Gasteiger partial charge in [-0.25, -0.2) is 18.1 Å². The molecule has 3 rings (SSSR count). The number of sulfonamides is 1. The van der Waals surface area contributed by atoms with Crippen molar-refractivity contribution in [2.75, 3.05) is 18.9 Å². The summed E-state index contributed by atoms with van der Waals surface area (Å²) in [6, 6.07) is 5.41. The fraction of sp³-hybridized carbons (Fsp3) is 0.500. The van der Waals surface area contributed by atoms with Crippen molar-refractivity contribution in [1.82, 2.24) is 14.1 Å². The zero-order valence-electron chi connectivity index (χ0n) is 12.3. The minimum absolute atomic E-state index is 0.160. The molecule has 1 fully saturated rings. The van der Waals surface area contributed by atoms with E-state index in [1.807, 2.05) is 6.07 Å². The van der Waals surface area contributed by atoms with E-state index >= 15 is 0 Å². The molecule has 7 heteroatoms. The van der Waals surface area contributed by atoms with Crippen LogP contribution in [0.3, 0.4) is 0 Å². The van der Waals surface area contributed by atoms with Crippen LogP contribution in [0.2, 0.25) is 0 Å². The van der Waals surface area contributed by atoms with Gasteiger partial charge < -0.3 is 5.32 Å². The summed E-state index contributed by atoms with van der Waals surface area (Å²) in [5.74, 6) is 0.370. The highest BCUT2D eigenvalue weighted by Crippen LogP contribution is 2.48. The average molecular weight is 308 g/mol. The van der Waals surface area contributed by atoms with Gasteiger partial charge in [-0.15, -0.1) is 0 Å². The second-order valence-electron chi connectivity index (χ2n) is 5.62. The summed E-state index contributed by atoms with van der Waals surface area (Å²) < 4.78 is 29.7. The van der Waals surface area contributed by atoms with E-state index in [0.717, 1.165) is 19.3 Å². The third-order valence-electron chi connectivity index (χ3n) is 4.32. The number of nitrogens with zero attached hydrogens (tertiary/aromatic N) is 2. The molecular formula is C14H20N4O2S. The molecule has 0 atom stereocenters. The molecular weight excluding hydrogens is 288 g/mol. The predicted octanol–water partition coefficient (Wildman–Crippen LogP) is 1.84. The standard InChI is InChI=1S/C14H20N4O2S/c1-3-14(7-8-14)10-16-21(19,20)13-12(15-2)17-11-6-4-5-9-18(11)13/h4-6,9,15-16H,3,7-8,10H2,1-2H3. The summed E-state index contributed by atoms with van der Waals surface area (Å²) in [6.07, 6.45) is 4.90. The molecule has 0 radical (unpaired) electrons. The second kappa shape index (κ2) is 4.99. The average Bonchev–Trinajstić information content (AvgIpc) is 3.17. The van der Waals surface area contributed by atoms with Gasteiger partial charge in [0.25, 0.3) is 10.0 Å². The van der Waals surface area contributed by atoms with Gasteiger partial charge in [0.2, 0.25) is 0 Å². The Kier molecular flexibility index (Phi) is 3.41. The molecule has 2 heterocycles. The summed E-state index contributed by atoms with van der Waals surface area (Å²) in [7, 11) is -1.93. The molecule has 1 aliphatic carbocycles. The summed E-state index contributed by atoms with van der Waals surface area (Å²) in [6.45, 7) is 2.60. The van der Waals surface area contributed by atoms with Gasteiger partial charge >= 0.3 is 0 Å². The van der Waals surface area contributed by atoms with Gasteiger partial charge in [0.05, 0.1) is 0 Å². The number of pyridine rings is 1. The first-order chi connectivity index (χ1) is 10.0. The number of fused-ring (bicyclic) bond motifs is 1. The molecule has 6 nitrogen and oxygen atoms in total. The van der Waals surface area contributed by atoms with E-state index in [9.17, 15) is 8.42 Å². The van der Waals surface area contributed by atoms with Gasteiger partial charge in [0.15, 0.2) is 10.8 Å². The summed E-state index contributed by atoms with van der Waals surface area (Å²) in [5, 5.41) is 3.04. The molecule has 114 valence electrons. The zero-order chi connectivity index (χ0) is 15.1. The van der Waals surface area contributed by atoms with Gasteiger partial charge in [-0.1, -0.05) is 13.0 Å². The van der Waals surface area contributed by atoms with Gasteiger partial charge in [-0.2, -0.15) is 0 Å². The van der Waals surface area contributed by atoms with Crippen molar-refractivity contribution >= 4 is 21.5 Å². The molecule has 0 aliphatic heterocycles. The third kappa shape index (κ3) is 2.51. The Morgan fingerprint density at radius 3 is 2.76 bits per heavy atom. The highest BCUT2D eigenvalue weighted by molar-refractivity contribution is 7.89. The molecule has 0 amide bonds. The van der Waals surface area contributed by atoms with Gasteiger partial charge in [0, 0.05) is 19.8 Å². The minimum Gasteiger partial charge on any atom is -0.371 e. The normalized spacial score (nSPS) is 17.0. The van der Waals surface area contributed by atoms with E-state index in [4.69, 9.17) is 0 Å². The third-order valence-corrected chi connectivity index (χ3v) is 5.75. The second-order valence-corrected chi connectivity index (χ2v) is 7.30. The molecule has 0 bridgehead atoms. The Bertz CT molecular complexity index is 762. The van der Waals surface area contributed by atoms with Crippen LogP contribution < -0.4 is 10.0 Å². The molecule has 0 saturated heterocycles. The number of hydrogen-bond donors (Lipinski definition) is 2. The zero-order valence-corrected chi connectivity index (χ0v) is 13.1. The topological polar surface area (TPSA) is 75.5 Å². The molecule has 0 spiro atoms. The number of rotatable bonds is 6. The van der Waals surface area contributed by atoms with E-state index < -0.39 is 10.0 Å². The molecule has 0 aromatic carbocycles. The first kappa shape index (κ1) is 14.3. The molecule has 2 aromatic heterocycles. The molecule has 1 aliphatic rings. The maximum atomic E-state index is 12.7. The number of anilines is 1. The first-order valence-corrected chi connectivity index (χ1v) is 8.64. The molecule has 2 aromatic rings. The largest absolute Gasteiger partial charge is 0.371 e. The van der Waals surface area contributed by atoms with Crippen LogP contribution in [-0.2, 0) is 10.0 Å². The van der Waals surface area contributed by atoms with Crippen molar-refractivity contribution in [3.05, 3.63) is 24.4 Å². The van der Waals surface area contributed by atoms with E-state index in [1.54, 1.807) is 29.8 Å². The maximum absolute atomic E-state index is 12.7. The first-order valence-electron chi connectivity index (χ1n) is 7.16. The van der Waals surface area contributed by atoms with Crippen LogP contribution in [0.25, 0.3) is 5.65 Å². The highest BCUT2D eigenvalue weighted by atomic mass is 32.2. The van der Waals surface area contributed by atoms with Crippen molar-refractivity contribution in [2.45, 2.75) is 31.2 Å². The Balaban J connectivity index is 1.98. The molecule has 1 saturated carbocycles. The van der Waals surface area contributed by atoms with Crippen molar-refractivity contribution in [3.8, 4) is 0 Å². The number of imidazole rings is 1. The monoisotopic (exact) mass is 308 g/mol. The fourth-order valence-electron chi connectivity index (χ4n) is 2.54. The lowest BCUT2D eigenvalue weighted by molar-refractivity contribution is 0.475. The predicted molar refractivity (Wildman–Crippen MR) is 81.9 cm³/mol. The number of aromatic nitrogens is 2. The van der Waals surface area contributed by atoms with Gasteiger partial charge in [0.1, 0.15) is 5.65 Å². The van der Waals surface area contributed by atoms with E-state index in [0.29, 0.717) is 18.0 Å². The summed E-state index contributed by atoms with van der Waals surface area (Å²) in [5.41, 5.74) is 0.770. The highest BCUT2D eigenvalue weighted by Gasteiger charge is 2.41. The maximum Gasteiger partial charge on any atom is 0.260 e. The van der Waals surface area contributed by atoms with Gasteiger partial charge in [-0.3, -0.25) is 4.40 Å². The fourth-order valence-corrected chi connectivity index (χ4v) is 3.99. The Morgan fingerprint density at radius 1 is 1.38 bits per heavy atom. The van der Waals surface area contributed by atoms with Crippen LogP contribution in [0.5, 0.6) is 0 Å². The lowest BCUT2D eigenvalue weighted by atomic mass is 10.1. The number of nitrogens with one attached hydrogen (secondary N) is 2. The number of hydrogen-bond acceptors (Lipinski definition) is 4. The molecule has 0 unspecified atom stereocenters. The van der Waals surface area contributed by atoms with Crippen LogP contribution in [0.1, 0.15) is 26.2 Å². The van der Waals surface area contributed by atoms with Gasteiger partial charge in [-0.05, 0) is 36.8 Å². The smallest absolute Gasteiger partial charge is 0.260 e. The van der Waals surface area contributed by atoms with Crippen molar-refractivity contribution in [3.63, 3.8) is 0 Å². The lowest BCUT2D eigenvalue weighted by Gasteiger charge is -2.14. The van der Waals surface area contributed by atoms with E-state index in [2.05, 4.69) is 21.9 Å². The Morgan fingerprint density at radius 2 is 2.14 bits per heavy atom. The lowest BCUT2D eigenvalue weighted by Crippen LogP contribution is -2.31. The molecule has 2 N–H and O–H groups in total. The van der Waals surface area contributed by atoms with Crippen LogP contribution in [0.4, 0.5) is 5.82 Å². The van der Waals surface area contributed by atoms with Crippen LogP contribution in [0.15, 0.2) is 29.4 Å². The molecule has 21 heavy (non-hydrogen) atoms. The minimum atomic E-state index is -3.60. The van der Waals surface area contributed by atoms with Crippen molar-refractivity contribution < 1.29 is 8.42 Å². The van der Waals surface area contributed by atoms with Crippen LogP contribution >= 0.6 is 0 Å². The summed E-state index contributed by atoms with van der Waals surface area (Å²) >= 11 is 0. The van der Waals surface area contributed by atoms with Crippen LogP contribution in [0, 0.1) is 5.41 Å². The van der Waals surface area contributed by atoms with E-state index in [1.165, 1.54) is 0 Å². The van der Waals surface area contributed by atoms with Crippen molar-refractivity contribution in [1.29, 1.82) is 0 Å². The Labute approximate surface area is 124 Å². The SMILES string of the molecule is CCC1(CNS(=O)(=O)c2c(NC)nc3ccccn23)CC1. The van der Waals surface area contributed by atoms with Crippen LogP contribution in [-0.4, -0.2) is 31.4 Å². The van der Waals surface area contributed by atoms with E-state index in [-0.39, 0.29) is 10.4 Å². The quantitative estimate of drug-likeness (QED) is 0.854.